The van der Waals surface area contributed by atoms with Gasteiger partial charge in [0.15, 0.2) is 5.76 Å². The van der Waals surface area contributed by atoms with Crippen LogP contribution < -0.4 is 0 Å². The molecule has 1 aromatic carbocycles. The zero-order chi connectivity index (χ0) is 12.5. The molecule has 4 nitrogen and oxygen atoms in total. The molecular weight excluding hydrogens is 228 g/mol. The van der Waals surface area contributed by atoms with E-state index in [0.29, 0.717) is 11.1 Å². The minimum absolute atomic E-state index is 0.250. The third kappa shape index (κ3) is 1.42. The molecule has 0 aliphatic rings. The zero-order valence-electron chi connectivity index (χ0n) is 9.33. The van der Waals surface area contributed by atoms with E-state index >= 15 is 0 Å². The maximum Gasteiger partial charge on any atom is 0.298 e. The summed E-state index contributed by atoms with van der Waals surface area (Å²) in [6.45, 7) is 0. The van der Waals surface area contributed by atoms with Crippen LogP contribution in [0.4, 0.5) is 0 Å². The SMILES string of the molecule is N#Cc1cn(C(=O)c2ccco2)c2ccccc12. The van der Waals surface area contributed by atoms with Crippen LogP contribution in [-0.4, -0.2) is 10.5 Å². The predicted octanol–water partition coefficient (Wildman–Crippen LogP) is 2.79. The largest absolute Gasteiger partial charge is 0.459 e. The van der Waals surface area contributed by atoms with E-state index in [4.69, 9.17) is 9.68 Å². The van der Waals surface area contributed by atoms with E-state index in [1.807, 2.05) is 18.2 Å². The molecule has 2 aromatic heterocycles. The number of para-hydroxylation sites is 1. The molecule has 0 N–H and O–H groups in total. The first kappa shape index (κ1) is 10.4. The lowest BCUT2D eigenvalue weighted by Gasteiger charge is -2.00. The zero-order valence-corrected chi connectivity index (χ0v) is 9.33. The second-order valence-corrected chi connectivity index (χ2v) is 3.82. The first-order valence-corrected chi connectivity index (χ1v) is 5.39. The number of nitrogens with zero attached hydrogens (tertiary/aromatic N) is 2. The fourth-order valence-electron chi connectivity index (χ4n) is 1.96. The van der Waals surface area contributed by atoms with Gasteiger partial charge in [-0.1, -0.05) is 18.2 Å². The molecule has 4 heteroatoms. The minimum Gasteiger partial charge on any atom is -0.459 e. The van der Waals surface area contributed by atoms with Crippen LogP contribution in [0.15, 0.2) is 53.3 Å². The van der Waals surface area contributed by atoms with Crippen molar-refractivity contribution in [1.29, 1.82) is 5.26 Å². The Hall–Kier alpha value is -2.80. The van der Waals surface area contributed by atoms with E-state index in [1.54, 1.807) is 18.2 Å². The van der Waals surface area contributed by atoms with Crippen molar-refractivity contribution in [3.63, 3.8) is 0 Å². The lowest BCUT2D eigenvalue weighted by atomic mass is 10.2. The predicted molar refractivity (Wildman–Crippen MR) is 65.1 cm³/mol. The monoisotopic (exact) mass is 236 g/mol. The summed E-state index contributed by atoms with van der Waals surface area (Å²) in [6.07, 6.45) is 2.99. The molecule has 0 unspecified atom stereocenters. The maximum absolute atomic E-state index is 12.2. The molecule has 0 aliphatic carbocycles. The summed E-state index contributed by atoms with van der Waals surface area (Å²) < 4.78 is 6.53. The molecule has 0 amide bonds. The van der Waals surface area contributed by atoms with Crippen LogP contribution in [0, 0.1) is 11.3 Å². The number of carbonyl (C=O) groups excluding carboxylic acids is 1. The number of carbonyl (C=O) groups is 1. The average Bonchev–Trinajstić information content (AvgIpc) is 3.05. The highest BCUT2D eigenvalue weighted by molar-refractivity contribution is 6.02. The first-order chi connectivity index (χ1) is 8.81. The summed E-state index contributed by atoms with van der Waals surface area (Å²) in [5, 5.41) is 9.83. The van der Waals surface area contributed by atoms with E-state index < -0.39 is 0 Å². The van der Waals surface area contributed by atoms with Crippen LogP contribution in [0.1, 0.15) is 16.1 Å². The highest BCUT2D eigenvalue weighted by Crippen LogP contribution is 2.21. The Kier molecular flexibility index (Phi) is 2.24. The smallest absolute Gasteiger partial charge is 0.298 e. The van der Waals surface area contributed by atoms with E-state index in [1.165, 1.54) is 17.0 Å². The number of rotatable bonds is 1. The quantitative estimate of drug-likeness (QED) is 0.652. The topological polar surface area (TPSA) is 58.9 Å². The Morgan fingerprint density at radius 3 is 2.78 bits per heavy atom. The van der Waals surface area contributed by atoms with Crippen molar-refractivity contribution in [2.45, 2.75) is 0 Å². The number of fused-ring (bicyclic) bond motifs is 1. The first-order valence-electron chi connectivity index (χ1n) is 5.39. The molecule has 0 radical (unpaired) electrons. The molecule has 0 saturated carbocycles. The van der Waals surface area contributed by atoms with Gasteiger partial charge in [0.25, 0.3) is 5.91 Å². The third-order valence-corrected chi connectivity index (χ3v) is 2.78. The van der Waals surface area contributed by atoms with Crippen molar-refractivity contribution in [1.82, 2.24) is 4.57 Å². The Morgan fingerprint density at radius 2 is 2.06 bits per heavy atom. The number of aromatic nitrogens is 1. The molecule has 0 aliphatic heterocycles. The normalized spacial score (nSPS) is 10.4. The second kappa shape index (κ2) is 3.90. The second-order valence-electron chi connectivity index (χ2n) is 3.82. The van der Waals surface area contributed by atoms with Crippen molar-refractivity contribution in [3.8, 4) is 6.07 Å². The summed E-state index contributed by atoms with van der Waals surface area (Å²) >= 11 is 0. The summed E-state index contributed by atoms with van der Waals surface area (Å²) in [5.41, 5.74) is 1.18. The van der Waals surface area contributed by atoms with Gasteiger partial charge in [0, 0.05) is 11.6 Å². The van der Waals surface area contributed by atoms with Crippen molar-refractivity contribution in [3.05, 3.63) is 60.2 Å². The number of furan rings is 1. The molecule has 18 heavy (non-hydrogen) atoms. The third-order valence-electron chi connectivity index (χ3n) is 2.78. The van der Waals surface area contributed by atoms with Gasteiger partial charge >= 0.3 is 0 Å². The lowest BCUT2D eigenvalue weighted by Crippen LogP contribution is -2.09. The van der Waals surface area contributed by atoms with Crippen LogP contribution >= 0.6 is 0 Å². The number of hydrogen-bond acceptors (Lipinski definition) is 3. The lowest BCUT2D eigenvalue weighted by molar-refractivity contribution is 0.0937. The van der Waals surface area contributed by atoms with E-state index in [2.05, 4.69) is 6.07 Å². The molecule has 86 valence electrons. The van der Waals surface area contributed by atoms with Gasteiger partial charge in [-0.05, 0) is 18.2 Å². The van der Waals surface area contributed by atoms with Crippen LogP contribution in [0.3, 0.4) is 0 Å². The minimum atomic E-state index is -0.280. The molecule has 0 atom stereocenters. The van der Waals surface area contributed by atoms with Gasteiger partial charge in [-0.25, -0.2) is 0 Å². The van der Waals surface area contributed by atoms with Crippen LogP contribution in [-0.2, 0) is 0 Å². The van der Waals surface area contributed by atoms with Crippen molar-refractivity contribution < 1.29 is 9.21 Å². The fraction of sp³-hybridized carbons (Fsp3) is 0. The molecule has 3 aromatic rings. The Labute approximate surface area is 103 Å². The molecule has 3 rings (SSSR count). The number of benzene rings is 1. The van der Waals surface area contributed by atoms with E-state index in [0.717, 1.165) is 5.39 Å². The highest BCUT2D eigenvalue weighted by Gasteiger charge is 2.16. The summed E-state index contributed by atoms with van der Waals surface area (Å²) in [4.78, 5) is 12.2. The Morgan fingerprint density at radius 1 is 1.22 bits per heavy atom. The van der Waals surface area contributed by atoms with Crippen molar-refractivity contribution in [2.24, 2.45) is 0 Å². The van der Waals surface area contributed by atoms with E-state index in [9.17, 15) is 4.79 Å². The van der Waals surface area contributed by atoms with Crippen molar-refractivity contribution >= 4 is 16.8 Å². The highest BCUT2D eigenvalue weighted by atomic mass is 16.3. The van der Waals surface area contributed by atoms with Crippen LogP contribution in [0.2, 0.25) is 0 Å². The van der Waals surface area contributed by atoms with Crippen molar-refractivity contribution in [2.75, 3.05) is 0 Å². The molecule has 0 saturated heterocycles. The summed E-state index contributed by atoms with van der Waals surface area (Å²) in [7, 11) is 0. The molecule has 0 fully saturated rings. The Balaban J connectivity index is 2.25. The molecule has 0 bridgehead atoms. The van der Waals surface area contributed by atoms with Gasteiger partial charge in [0.05, 0.1) is 17.3 Å². The van der Waals surface area contributed by atoms with Gasteiger partial charge in [0.2, 0.25) is 0 Å². The standard InChI is InChI=1S/C14H8N2O2/c15-8-10-9-16(12-5-2-1-4-11(10)12)14(17)13-6-3-7-18-13/h1-7,9H. The van der Waals surface area contributed by atoms with E-state index in [-0.39, 0.29) is 11.7 Å². The van der Waals surface area contributed by atoms with Gasteiger partial charge in [0.1, 0.15) is 6.07 Å². The summed E-state index contributed by atoms with van der Waals surface area (Å²) in [5.74, 6) is -0.0297. The molecule has 2 heterocycles. The van der Waals surface area contributed by atoms with Gasteiger partial charge < -0.3 is 4.42 Å². The fourth-order valence-corrected chi connectivity index (χ4v) is 1.96. The number of nitriles is 1. The van der Waals surface area contributed by atoms with Gasteiger partial charge in [-0.2, -0.15) is 5.26 Å². The maximum atomic E-state index is 12.2. The Bertz CT molecular complexity index is 761. The molecule has 0 spiro atoms. The number of hydrogen-bond donors (Lipinski definition) is 0. The van der Waals surface area contributed by atoms with Gasteiger partial charge in [-0.3, -0.25) is 9.36 Å². The van der Waals surface area contributed by atoms with Gasteiger partial charge in [-0.15, -0.1) is 0 Å². The van der Waals surface area contributed by atoms with Crippen LogP contribution in [0.5, 0.6) is 0 Å². The molecular formula is C14H8N2O2. The average molecular weight is 236 g/mol. The summed E-state index contributed by atoms with van der Waals surface area (Å²) in [6, 6.07) is 12.6. The van der Waals surface area contributed by atoms with Crippen LogP contribution in [0.25, 0.3) is 10.9 Å².